The first-order chi connectivity index (χ1) is 8.93. The highest BCUT2D eigenvalue weighted by Gasteiger charge is 2.05. The molecule has 1 rings (SSSR count). The van der Waals surface area contributed by atoms with E-state index in [-0.39, 0.29) is 0 Å². The Hall–Kier alpha value is -1.46. The highest BCUT2D eigenvalue weighted by molar-refractivity contribution is 5.64. The molecule has 1 fully saturated rings. The van der Waals surface area contributed by atoms with Crippen molar-refractivity contribution in [1.82, 2.24) is 0 Å². The highest BCUT2D eigenvalue weighted by atomic mass is 16.5. The van der Waals surface area contributed by atoms with Crippen molar-refractivity contribution in [2.24, 2.45) is 17.4 Å². The molecule has 114 valence electrons. The Labute approximate surface area is 115 Å². The first-order valence-electron chi connectivity index (χ1n) is 6.78. The molecule has 1 saturated carbocycles. The van der Waals surface area contributed by atoms with Crippen LogP contribution in [-0.4, -0.2) is 25.4 Å². The molecule has 6 heteroatoms. The van der Waals surface area contributed by atoms with E-state index in [9.17, 15) is 9.59 Å². The lowest BCUT2D eigenvalue weighted by atomic mass is 9.91. The molecule has 0 aromatic heterocycles. The Morgan fingerprint density at radius 1 is 0.947 bits per heavy atom. The number of hydrogen-bond acceptors (Lipinski definition) is 4. The predicted molar refractivity (Wildman–Crippen MR) is 74.7 cm³/mol. The average Bonchev–Trinajstić information content (AvgIpc) is 2.31. The molecule has 2 amide bonds. The predicted octanol–water partition coefficient (Wildman–Crippen LogP) is 2.79. The lowest BCUT2D eigenvalue weighted by molar-refractivity contribution is 0.162. The van der Waals surface area contributed by atoms with Gasteiger partial charge in [0.05, 0.1) is 13.2 Å². The molecule has 0 radical (unpaired) electrons. The molecule has 19 heavy (non-hydrogen) atoms. The van der Waals surface area contributed by atoms with Crippen LogP contribution in [0, 0.1) is 5.92 Å². The van der Waals surface area contributed by atoms with Crippen LogP contribution in [0.25, 0.3) is 0 Å². The van der Waals surface area contributed by atoms with E-state index < -0.39 is 12.2 Å². The third-order valence-corrected chi connectivity index (χ3v) is 2.47. The number of primary amides is 2. The van der Waals surface area contributed by atoms with Crippen LogP contribution >= 0.6 is 0 Å². The minimum Gasteiger partial charge on any atom is -0.450 e. The van der Waals surface area contributed by atoms with Gasteiger partial charge >= 0.3 is 12.2 Å². The molecule has 0 aromatic rings. The van der Waals surface area contributed by atoms with E-state index in [0.717, 1.165) is 5.92 Å². The molecule has 0 unspecified atom stereocenters. The van der Waals surface area contributed by atoms with Gasteiger partial charge < -0.3 is 20.9 Å². The van der Waals surface area contributed by atoms with Crippen LogP contribution in [0.15, 0.2) is 0 Å². The fourth-order valence-corrected chi connectivity index (χ4v) is 1.59. The molecular weight excluding hydrogens is 248 g/mol. The van der Waals surface area contributed by atoms with Crippen LogP contribution in [0.3, 0.4) is 0 Å². The van der Waals surface area contributed by atoms with Crippen molar-refractivity contribution in [2.45, 2.75) is 52.9 Å². The van der Waals surface area contributed by atoms with Gasteiger partial charge in [0, 0.05) is 0 Å². The summed E-state index contributed by atoms with van der Waals surface area (Å²) in [6.07, 6.45) is 6.02. The molecule has 0 aromatic carbocycles. The van der Waals surface area contributed by atoms with Crippen molar-refractivity contribution in [3.8, 4) is 0 Å². The van der Waals surface area contributed by atoms with Crippen molar-refractivity contribution >= 4 is 12.2 Å². The Balaban J connectivity index is 0. The van der Waals surface area contributed by atoms with Gasteiger partial charge in [-0.1, -0.05) is 39.0 Å². The van der Waals surface area contributed by atoms with E-state index >= 15 is 0 Å². The zero-order valence-corrected chi connectivity index (χ0v) is 12.3. The summed E-state index contributed by atoms with van der Waals surface area (Å²) in [6, 6.07) is 0. The normalized spacial score (nSPS) is 14.1. The van der Waals surface area contributed by atoms with E-state index in [1.54, 1.807) is 13.8 Å². The van der Waals surface area contributed by atoms with E-state index in [0.29, 0.717) is 13.2 Å². The van der Waals surface area contributed by atoms with Gasteiger partial charge in [0.1, 0.15) is 0 Å². The molecule has 0 saturated heterocycles. The van der Waals surface area contributed by atoms with Crippen molar-refractivity contribution in [1.29, 1.82) is 0 Å². The number of carbonyl (C=O) groups excluding carboxylic acids is 2. The number of nitrogens with two attached hydrogens (primary N) is 2. The van der Waals surface area contributed by atoms with E-state index in [1.807, 2.05) is 0 Å². The van der Waals surface area contributed by atoms with Crippen LogP contribution < -0.4 is 11.5 Å². The van der Waals surface area contributed by atoms with Gasteiger partial charge in [0.2, 0.25) is 0 Å². The fraction of sp³-hybridized carbons (Fsp3) is 0.846. The summed E-state index contributed by atoms with van der Waals surface area (Å²) in [5, 5.41) is 0. The second-order valence-electron chi connectivity index (χ2n) is 4.25. The molecular formula is C13H28N2O4. The van der Waals surface area contributed by atoms with Crippen LogP contribution in [0.1, 0.15) is 52.9 Å². The summed E-state index contributed by atoms with van der Waals surface area (Å²) in [7, 11) is 0. The standard InChI is InChI=1S/C7H14.2C3H7NO2/c1-7-5-3-2-4-6-7;2*1-2-6-3(4)5/h7H,2-6H2,1H3;2*2H2,1H3,(H2,4,5). The third kappa shape index (κ3) is 22.2. The molecule has 4 N–H and O–H groups in total. The van der Waals surface area contributed by atoms with Crippen molar-refractivity contribution in [3.63, 3.8) is 0 Å². The molecule has 1 aliphatic carbocycles. The Morgan fingerprint density at radius 2 is 1.32 bits per heavy atom. The van der Waals surface area contributed by atoms with Crippen LogP contribution in [0.2, 0.25) is 0 Å². The number of rotatable bonds is 2. The van der Waals surface area contributed by atoms with Crippen LogP contribution in [0.4, 0.5) is 9.59 Å². The fourth-order valence-electron chi connectivity index (χ4n) is 1.59. The monoisotopic (exact) mass is 276 g/mol. The second-order valence-corrected chi connectivity index (χ2v) is 4.25. The lowest BCUT2D eigenvalue weighted by Crippen LogP contribution is -2.11. The maximum atomic E-state index is 9.60. The summed E-state index contributed by atoms with van der Waals surface area (Å²) < 4.78 is 8.36. The lowest BCUT2D eigenvalue weighted by Gasteiger charge is -2.15. The highest BCUT2D eigenvalue weighted by Crippen LogP contribution is 2.22. The van der Waals surface area contributed by atoms with Crippen molar-refractivity contribution in [3.05, 3.63) is 0 Å². The number of ether oxygens (including phenoxy) is 2. The van der Waals surface area contributed by atoms with Gasteiger partial charge in [-0.3, -0.25) is 0 Å². The molecule has 0 spiro atoms. The first kappa shape index (κ1) is 19.9. The Kier molecular flexibility index (Phi) is 15.3. The molecule has 0 heterocycles. The van der Waals surface area contributed by atoms with Gasteiger partial charge in [-0.25, -0.2) is 9.59 Å². The summed E-state index contributed by atoms with van der Waals surface area (Å²) in [4.78, 5) is 19.2. The second kappa shape index (κ2) is 14.6. The zero-order valence-electron chi connectivity index (χ0n) is 12.3. The van der Waals surface area contributed by atoms with Gasteiger partial charge in [-0.2, -0.15) is 0 Å². The Bertz CT molecular complexity index is 213. The van der Waals surface area contributed by atoms with Gasteiger partial charge in [0.25, 0.3) is 0 Å². The topological polar surface area (TPSA) is 105 Å². The molecule has 0 aliphatic heterocycles. The van der Waals surface area contributed by atoms with Gasteiger partial charge in [0.15, 0.2) is 0 Å². The van der Waals surface area contributed by atoms with Crippen molar-refractivity contribution in [2.75, 3.05) is 13.2 Å². The van der Waals surface area contributed by atoms with Crippen molar-refractivity contribution < 1.29 is 19.1 Å². The molecule has 1 aliphatic rings. The summed E-state index contributed by atoms with van der Waals surface area (Å²) in [5.74, 6) is 1.04. The van der Waals surface area contributed by atoms with E-state index in [1.165, 1.54) is 32.1 Å². The third-order valence-electron chi connectivity index (χ3n) is 2.47. The summed E-state index contributed by atoms with van der Waals surface area (Å²) >= 11 is 0. The Morgan fingerprint density at radius 3 is 1.42 bits per heavy atom. The molecule has 0 atom stereocenters. The van der Waals surface area contributed by atoms with E-state index in [4.69, 9.17) is 0 Å². The smallest absolute Gasteiger partial charge is 0.404 e. The number of amides is 2. The number of carbonyl (C=O) groups is 2. The maximum Gasteiger partial charge on any atom is 0.404 e. The quantitative estimate of drug-likeness (QED) is 0.808. The van der Waals surface area contributed by atoms with Crippen LogP contribution in [0.5, 0.6) is 0 Å². The summed E-state index contributed by atoms with van der Waals surface area (Å²) in [6.45, 7) is 6.47. The summed E-state index contributed by atoms with van der Waals surface area (Å²) in [5.41, 5.74) is 9.08. The van der Waals surface area contributed by atoms with Gasteiger partial charge in [-0.15, -0.1) is 0 Å². The van der Waals surface area contributed by atoms with Gasteiger partial charge in [-0.05, 0) is 19.8 Å². The molecule has 6 nitrogen and oxygen atoms in total. The average molecular weight is 276 g/mol. The SMILES string of the molecule is CC1CCCCC1.CCOC(N)=O.CCOC(N)=O. The maximum absolute atomic E-state index is 9.60. The van der Waals surface area contributed by atoms with Crippen LogP contribution in [-0.2, 0) is 9.47 Å². The number of hydrogen-bond donors (Lipinski definition) is 2. The first-order valence-corrected chi connectivity index (χ1v) is 6.78. The molecule has 0 bridgehead atoms. The largest absolute Gasteiger partial charge is 0.450 e. The zero-order chi connectivity index (χ0) is 15.1. The van der Waals surface area contributed by atoms with E-state index in [2.05, 4.69) is 27.9 Å². The minimum atomic E-state index is -0.711. The minimum absolute atomic E-state index is 0.356.